The van der Waals surface area contributed by atoms with Crippen molar-refractivity contribution in [3.63, 3.8) is 0 Å². The van der Waals surface area contributed by atoms with E-state index in [2.05, 4.69) is 41.1 Å². The minimum Gasteiger partial charge on any atom is -0.469 e. The molecule has 0 aliphatic heterocycles. The number of hydrogen-bond acceptors (Lipinski definition) is 3. The highest BCUT2D eigenvalue weighted by molar-refractivity contribution is 14.0. The van der Waals surface area contributed by atoms with Gasteiger partial charge in [0.15, 0.2) is 5.96 Å². The van der Waals surface area contributed by atoms with E-state index in [1.165, 1.54) is 20.0 Å². The minimum atomic E-state index is -0.140. The average Bonchev–Trinajstić information content (AvgIpc) is 2.47. The fourth-order valence-electron chi connectivity index (χ4n) is 1.81. The molecule has 0 aromatic rings. The van der Waals surface area contributed by atoms with Crippen LogP contribution in [0, 0.1) is 5.92 Å². The number of halogens is 1. The Morgan fingerprint density at radius 3 is 2.33 bits per heavy atom. The zero-order valence-corrected chi connectivity index (χ0v) is 16.2. The third-order valence-electron chi connectivity index (χ3n) is 3.33. The van der Waals surface area contributed by atoms with Crippen molar-refractivity contribution in [2.45, 2.75) is 52.9 Å². The Hall–Kier alpha value is -0.530. The van der Waals surface area contributed by atoms with Gasteiger partial charge in [-0.15, -0.1) is 24.0 Å². The second-order valence-corrected chi connectivity index (χ2v) is 4.86. The molecule has 0 fully saturated rings. The number of nitrogens with zero attached hydrogens (tertiary/aromatic N) is 1. The predicted octanol–water partition coefficient (Wildman–Crippen LogP) is 2.94. The molecule has 0 aliphatic carbocycles. The summed E-state index contributed by atoms with van der Waals surface area (Å²) < 4.78 is 4.61. The second kappa shape index (κ2) is 15.9. The summed E-state index contributed by atoms with van der Waals surface area (Å²) in [5.41, 5.74) is 0. The summed E-state index contributed by atoms with van der Waals surface area (Å²) in [6, 6.07) is 0. The molecule has 0 heterocycles. The highest BCUT2D eigenvalue weighted by Crippen LogP contribution is 2.07. The average molecular weight is 413 g/mol. The molecule has 126 valence electrons. The minimum absolute atomic E-state index is 0. The summed E-state index contributed by atoms with van der Waals surface area (Å²) >= 11 is 0. The lowest BCUT2D eigenvalue weighted by atomic mass is 10.0. The Labute approximate surface area is 146 Å². The Balaban J connectivity index is 0. The van der Waals surface area contributed by atoms with Crippen molar-refractivity contribution in [3.8, 4) is 0 Å². The summed E-state index contributed by atoms with van der Waals surface area (Å²) in [5.74, 6) is 1.39. The van der Waals surface area contributed by atoms with Crippen molar-refractivity contribution < 1.29 is 9.53 Å². The van der Waals surface area contributed by atoms with Crippen molar-refractivity contribution in [1.82, 2.24) is 10.6 Å². The fourth-order valence-corrected chi connectivity index (χ4v) is 1.81. The van der Waals surface area contributed by atoms with Crippen LogP contribution >= 0.6 is 24.0 Å². The number of methoxy groups -OCH3 is 1. The number of guanidine groups is 1. The molecule has 0 aliphatic rings. The van der Waals surface area contributed by atoms with Crippen LogP contribution in [0.1, 0.15) is 52.9 Å². The lowest BCUT2D eigenvalue weighted by Crippen LogP contribution is -2.38. The van der Waals surface area contributed by atoms with Crippen LogP contribution in [0.3, 0.4) is 0 Å². The first-order valence-electron chi connectivity index (χ1n) is 7.76. The fraction of sp³-hybridized carbons (Fsp3) is 0.867. The van der Waals surface area contributed by atoms with E-state index in [9.17, 15) is 4.79 Å². The summed E-state index contributed by atoms with van der Waals surface area (Å²) in [4.78, 5) is 15.6. The number of nitrogens with one attached hydrogen (secondary N) is 2. The zero-order chi connectivity index (χ0) is 15.2. The first-order chi connectivity index (χ1) is 9.67. The Morgan fingerprint density at radius 2 is 1.81 bits per heavy atom. The van der Waals surface area contributed by atoms with E-state index >= 15 is 0 Å². The predicted molar refractivity (Wildman–Crippen MR) is 99.3 cm³/mol. The molecule has 0 saturated heterocycles. The van der Waals surface area contributed by atoms with Crippen molar-refractivity contribution in [2.75, 3.05) is 26.7 Å². The molecule has 0 saturated carbocycles. The second-order valence-electron chi connectivity index (χ2n) is 4.86. The molecule has 0 amide bonds. The largest absolute Gasteiger partial charge is 0.469 e. The van der Waals surface area contributed by atoms with Crippen LogP contribution in [-0.2, 0) is 9.53 Å². The van der Waals surface area contributed by atoms with Gasteiger partial charge in [0.2, 0.25) is 0 Å². The highest BCUT2D eigenvalue weighted by Gasteiger charge is 2.04. The molecule has 0 bridgehead atoms. The van der Waals surface area contributed by atoms with E-state index < -0.39 is 0 Å². The smallest absolute Gasteiger partial charge is 0.305 e. The van der Waals surface area contributed by atoms with Gasteiger partial charge < -0.3 is 15.4 Å². The van der Waals surface area contributed by atoms with Gasteiger partial charge in [0.05, 0.1) is 7.11 Å². The van der Waals surface area contributed by atoms with Gasteiger partial charge in [0, 0.05) is 26.1 Å². The van der Waals surface area contributed by atoms with Crippen LogP contribution in [0.15, 0.2) is 4.99 Å². The van der Waals surface area contributed by atoms with E-state index in [0.29, 0.717) is 12.3 Å². The molecule has 0 unspecified atom stereocenters. The number of aliphatic imine (C=N–C) groups is 1. The maximum absolute atomic E-state index is 11.0. The number of carbonyl (C=O) groups excluding carboxylic acids is 1. The van der Waals surface area contributed by atoms with E-state index in [-0.39, 0.29) is 29.9 Å². The summed E-state index contributed by atoms with van der Waals surface area (Å²) in [5, 5.41) is 6.55. The van der Waals surface area contributed by atoms with Gasteiger partial charge in [-0.2, -0.15) is 0 Å². The van der Waals surface area contributed by atoms with Crippen LogP contribution in [0.4, 0.5) is 0 Å². The molecular weight excluding hydrogens is 381 g/mol. The SMILES string of the molecule is CCNC(=NCC(CC)CC)NCCCCC(=O)OC.I. The summed E-state index contributed by atoms with van der Waals surface area (Å²) in [6.07, 6.45) is 4.59. The van der Waals surface area contributed by atoms with E-state index in [4.69, 9.17) is 0 Å². The number of carbonyl (C=O) groups is 1. The normalized spacial score (nSPS) is 11.0. The van der Waals surface area contributed by atoms with E-state index in [1.807, 2.05) is 0 Å². The molecule has 21 heavy (non-hydrogen) atoms. The van der Waals surface area contributed by atoms with Crippen LogP contribution in [0.5, 0.6) is 0 Å². The van der Waals surface area contributed by atoms with Gasteiger partial charge in [-0.25, -0.2) is 0 Å². The van der Waals surface area contributed by atoms with Crippen molar-refractivity contribution in [1.29, 1.82) is 0 Å². The number of esters is 1. The molecule has 0 atom stereocenters. The molecular formula is C15H32IN3O2. The van der Waals surface area contributed by atoms with Crippen molar-refractivity contribution >= 4 is 35.9 Å². The standard InChI is InChI=1S/C15H31N3O2.HI/c1-5-13(6-2)12-18-15(16-7-3)17-11-9-8-10-14(19)20-4;/h13H,5-12H2,1-4H3,(H2,16,17,18);1H. The monoisotopic (exact) mass is 413 g/mol. The lowest BCUT2D eigenvalue weighted by molar-refractivity contribution is -0.140. The van der Waals surface area contributed by atoms with E-state index in [1.54, 1.807) is 0 Å². The lowest BCUT2D eigenvalue weighted by Gasteiger charge is -2.13. The van der Waals surface area contributed by atoms with Gasteiger partial charge in [-0.05, 0) is 25.7 Å². The Morgan fingerprint density at radius 1 is 1.14 bits per heavy atom. The molecule has 5 nitrogen and oxygen atoms in total. The quantitative estimate of drug-likeness (QED) is 0.190. The zero-order valence-electron chi connectivity index (χ0n) is 13.9. The molecule has 0 radical (unpaired) electrons. The number of hydrogen-bond donors (Lipinski definition) is 2. The first-order valence-corrected chi connectivity index (χ1v) is 7.76. The van der Waals surface area contributed by atoms with Gasteiger partial charge in [0.1, 0.15) is 0 Å². The molecule has 2 N–H and O–H groups in total. The topological polar surface area (TPSA) is 62.7 Å². The highest BCUT2D eigenvalue weighted by atomic mass is 127. The molecule has 0 aromatic carbocycles. The van der Waals surface area contributed by atoms with Crippen molar-refractivity contribution in [3.05, 3.63) is 0 Å². The summed E-state index contributed by atoms with van der Waals surface area (Å²) in [6.45, 7) is 9.02. The van der Waals surface area contributed by atoms with Gasteiger partial charge in [-0.3, -0.25) is 9.79 Å². The van der Waals surface area contributed by atoms with Gasteiger partial charge in [0.25, 0.3) is 0 Å². The third kappa shape index (κ3) is 12.9. The van der Waals surface area contributed by atoms with Crippen LogP contribution < -0.4 is 10.6 Å². The Bertz CT molecular complexity index is 282. The van der Waals surface area contributed by atoms with Crippen LogP contribution in [0.25, 0.3) is 0 Å². The third-order valence-corrected chi connectivity index (χ3v) is 3.33. The molecule has 6 heteroatoms. The number of unbranched alkanes of at least 4 members (excludes halogenated alkanes) is 1. The summed E-state index contributed by atoms with van der Waals surface area (Å²) in [7, 11) is 1.42. The Kier molecular flexibility index (Phi) is 17.2. The van der Waals surface area contributed by atoms with Crippen LogP contribution in [-0.4, -0.2) is 38.7 Å². The van der Waals surface area contributed by atoms with Crippen LogP contribution in [0.2, 0.25) is 0 Å². The maximum Gasteiger partial charge on any atom is 0.305 e. The van der Waals surface area contributed by atoms with Crippen molar-refractivity contribution in [2.24, 2.45) is 10.9 Å². The molecule has 0 spiro atoms. The molecule has 0 rings (SSSR count). The van der Waals surface area contributed by atoms with E-state index in [0.717, 1.165) is 38.4 Å². The number of ether oxygens (including phenoxy) is 1. The number of rotatable bonds is 10. The maximum atomic E-state index is 11.0. The van der Waals surface area contributed by atoms with Gasteiger partial charge in [-0.1, -0.05) is 26.7 Å². The van der Waals surface area contributed by atoms with Gasteiger partial charge >= 0.3 is 5.97 Å². The first kappa shape index (κ1) is 22.7. The molecule has 0 aromatic heterocycles.